The molecule has 1 unspecified atom stereocenters. The van der Waals surface area contributed by atoms with Gasteiger partial charge in [0.25, 0.3) is 0 Å². The fourth-order valence-corrected chi connectivity index (χ4v) is 6.11. The van der Waals surface area contributed by atoms with Crippen LogP contribution in [0.1, 0.15) is 37.8 Å². The van der Waals surface area contributed by atoms with Gasteiger partial charge in [0.1, 0.15) is 6.04 Å². The number of nitrogens with zero attached hydrogens (tertiary/aromatic N) is 4. The number of nitriles is 1. The molecule has 3 fully saturated rings. The van der Waals surface area contributed by atoms with E-state index in [1.54, 1.807) is 17.0 Å². The normalized spacial score (nSPS) is 27.1. The quantitative estimate of drug-likeness (QED) is 0.557. The fourth-order valence-electron chi connectivity index (χ4n) is 5.33. The van der Waals surface area contributed by atoms with Gasteiger partial charge >= 0.3 is 0 Å². The summed E-state index contributed by atoms with van der Waals surface area (Å²) >= 11 is 0. The molecular weight excluding hydrogens is 444 g/mol. The first-order valence-corrected chi connectivity index (χ1v) is 12.7. The summed E-state index contributed by atoms with van der Waals surface area (Å²) in [6.07, 6.45) is 2.13. The van der Waals surface area contributed by atoms with Crippen molar-refractivity contribution in [1.82, 2.24) is 19.4 Å². The molecule has 2 bridgehead atoms. The Hall–Kier alpha value is -2.52. The largest absolute Gasteiger partial charge is 0.330 e. The predicted octanol–water partition coefficient (Wildman–Crippen LogP) is -0.217. The molecule has 4 rings (SSSR count). The van der Waals surface area contributed by atoms with Crippen molar-refractivity contribution in [2.24, 2.45) is 5.73 Å². The summed E-state index contributed by atoms with van der Waals surface area (Å²) in [7, 11) is -2.21. The second-order valence-electron chi connectivity index (χ2n) is 8.99. The van der Waals surface area contributed by atoms with Crippen LogP contribution in [0.2, 0.25) is 0 Å². The third kappa shape index (κ3) is 4.24. The van der Waals surface area contributed by atoms with Crippen LogP contribution in [0, 0.1) is 11.3 Å². The smallest absolute Gasteiger partial charge is 0.241 e. The van der Waals surface area contributed by atoms with E-state index in [0.29, 0.717) is 25.9 Å². The van der Waals surface area contributed by atoms with Gasteiger partial charge in [-0.2, -0.15) is 5.26 Å². The minimum absolute atomic E-state index is 0.0250. The number of hydrogen-bond acceptors (Lipinski definition) is 7. The van der Waals surface area contributed by atoms with Gasteiger partial charge in [-0.25, -0.2) is 13.1 Å². The van der Waals surface area contributed by atoms with Crippen LogP contribution in [0.4, 0.5) is 0 Å². The number of nitrogens with one attached hydrogen (secondary N) is 1. The number of carbonyl (C=O) groups is 2. The Kier molecular flexibility index (Phi) is 6.46. The van der Waals surface area contributed by atoms with Crippen molar-refractivity contribution in [2.75, 3.05) is 26.7 Å². The maximum Gasteiger partial charge on any atom is 0.241 e. The Morgan fingerprint density at radius 3 is 2.82 bits per heavy atom. The number of piperazine rings is 1. The average molecular weight is 475 g/mol. The van der Waals surface area contributed by atoms with Crippen molar-refractivity contribution < 1.29 is 18.0 Å². The van der Waals surface area contributed by atoms with Crippen molar-refractivity contribution in [3.63, 3.8) is 0 Å². The highest BCUT2D eigenvalue weighted by molar-refractivity contribution is 7.89. The Labute approximate surface area is 194 Å². The number of sulfonamides is 1. The van der Waals surface area contributed by atoms with E-state index in [0.717, 1.165) is 12.0 Å². The number of fused-ring (bicyclic) bond motifs is 2. The van der Waals surface area contributed by atoms with Crippen molar-refractivity contribution >= 4 is 21.8 Å². The SMILES string of the molecule is CNS(=O)(=O)c1cccc([C@@H](C)N2C(=O)[C@H]3CC2CN3C[C@H](N)C(=O)N2CCC[C@H]2C#N)c1. The van der Waals surface area contributed by atoms with Crippen LogP contribution in [0.25, 0.3) is 0 Å². The number of carbonyl (C=O) groups excluding carboxylic acids is 2. The first kappa shape index (κ1) is 23.6. The molecule has 11 heteroatoms. The Morgan fingerprint density at radius 2 is 2.15 bits per heavy atom. The zero-order valence-electron chi connectivity index (χ0n) is 18.8. The van der Waals surface area contributed by atoms with Crippen LogP contribution < -0.4 is 10.5 Å². The molecule has 2 amide bonds. The highest BCUT2D eigenvalue weighted by Gasteiger charge is 2.51. The van der Waals surface area contributed by atoms with Crippen LogP contribution in [0.15, 0.2) is 29.2 Å². The summed E-state index contributed by atoms with van der Waals surface area (Å²) in [6.45, 7) is 3.33. The maximum absolute atomic E-state index is 13.2. The molecule has 10 nitrogen and oxygen atoms in total. The number of nitrogens with two attached hydrogens (primary N) is 1. The molecule has 1 aromatic carbocycles. The zero-order chi connectivity index (χ0) is 23.9. The third-order valence-electron chi connectivity index (χ3n) is 7.08. The van der Waals surface area contributed by atoms with Crippen molar-refractivity contribution in [2.45, 2.75) is 61.3 Å². The third-order valence-corrected chi connectivity index (χ3v) is 8.50. The highest BCUT2D eigenvalue weighted by Crippen LogP contribution is 2.38. The van der Waals surface area contributed by atoms with Gasteiger partial charge in [-0.1, -0.05) is 12.1 Å². The lowest BCUT2D eigenvalue weighted by Gasteiger charge is -2.38. The maximum atomic E-state index is 13.2. The van der Waals surface area contributed by atoms with E-state index in [2.05, 4.69) is 10.8 Å². The van der Waals surface area contributed by atoms with Crippen LogP contribution in [-0.2, 0) is 19.6 Å². The molecule has 3 N–H and O–H groups in total. The molecule has 1 aromatic rings. The molecule has 0 aromatic heterocycles. The minimum Gasteiger partial charge on any atom is -0.330 e. The standard InChI is InChI=1S/C22H30N6O4S/c1-14(15-5-3-7-18(9-15)33(31,32)25-2)28-17-10-20(22(28)30)26(12-17)13-19(24)21(29)27-8-4-6-16(27)11-23/h3,5,7,9,14,16-17,19-20,25H,4,6,8,10,12-13,24H2,1-2H3/t14-,16+,17?,19+,20-/m1/s1. The van der Waals surface area contributed by atoms with Crippen LogP contribution in [-0.4, -0.2) is 85.8 Å². The van der Waals surface area contributed by atoms with E-state index in [9.17, 15) is 23.3 Å². The second-order valence-corrected chi connectivity index (χ2v) is 10.9. The van der Waals surface area contributed by atoms with Gasteiger partial charge in [0.15, 0.2) is 0 Å². The van der Waals surface area contributed by atoms with E-state index in [1.165, 1.54) is 13.1 Å². The van der Waals surface area contributed by atoms with Gasteiger partial charge in [-0.3, -0.25) is 14.5 Å². The molecule has 0 saturated carbocycles. The molecule has 3 heterocycles. The summed E-state index contributed by atoms with van der Waals surface area (Å²) < 4.78 is 26.6. The van der Waals surface area contributed by atoms with Crippen molar-refractivity contribution in [1.29, 1.82) is 5.26 Å². The molecule has 3 aliphatic rings. The van der Waals surface area contributed by atoms with E-state index in [1.807, 2.05) is 22.8 Å². The molecular formula is C22H30N6O4S. The van der Waals surface area contributed by atoms with E-state index in [4.69, 9.17) is 5.73 Å². The monoisotopic (exact) mass is 474 g/mol. The predicted molar refractivity (Wildman–Crippen MR) is 120 cm³/mol. The lowest BCUT2D eigenvalue weighted by atomic mass is 10.1. The number of hydrogen-bond donors (Lipinski definition) is 2. The van der Waals surface area contributed by atoms with Gasteiger partial charge in [-0.15, -0.1) is 0 Å². The van der Waals surface area contributed by atoms with Crippen LogP contribution in [0.5, 0.6) is 0 Å². The van der Waals surface area contributed by atoms with Gasteiger partial charge in [0, 0.05) is 25.7 Å². The zero-order valence-corrected chi connectivity index (χ0v) is 19.7. The number of benzene rings is 1. The first-order valence-electron chi connectivity index (χ1n) is 11.2. The summed E-state index contributed by atoms with van der Waals surface area (Å²) in [5.41, 5.74) is 6.95. The second kappa shape index (κ2) is 9.02. The van der Waals surface area contributed by atoms with Gasteiger partial charge < -0.3 is 15.5 Å². The van der Waals surface area contributed by atoms with Gasteiger partial charge in [0.05, 0.1) is 29.1 Å². The van der Waals surface area contributed by atoms with Crippen LogP contribution >= 0.6 is 0 Å². The summed E-state index contributed by atoms with van der Waals surface area (Å²) in [6, 6.07) is 6.95. The number of rotatable bonds is 7. The van der Waals surface area contributed by atoms with Crippen molar-refractivity contribution in [3.05, 3.63) is 29.8 Å². The van der Waals surface area contributed by atoms with E-state index < -0.39 is 22.1 Å². The van der Waals surface area contributed by atoms with Crippen molar-refractivity contribution in [3.8, 4) is 6.07 Å². The molecule has 0 aliphatic carbocycles. The van der Waals surface area contributed by atoms with E-state index >= 15 is 0 Å². The van der Waals surface area contributed by atoms with Gasteiger partial charge in [-0.05, 0) is 50.9 Å². The molecule has 0 spiro atoms. The molecule has 3 aliphatic heterocycles. The Bertz CT molecular complexity index is 1090. The molecule has 178 valence electrons. The number of amides is 2. The Morgan fingerprint density at radius 1 is 1.39 bits per heavy atom. The van der Waals surface area contributed by atoms with E-state index in [-0.39, 0.29) is 41.4 Å². The molecule has 5 atom stereocenters. The average Bonchev–Trinajstić information content (AvgIpc) is 3.52. The lowest BCUT2D eigenvalue weighted by Crippen LogP contribution is -2.56. The lowest BCUT2D eigenvalue weighted by molar-refractivity contribution is -0.141. The summed E-state index contributed by atoms with van der Waals surface area (Å²) in [4.78, 5) is 31.5. The summed E-state index contributed by atoms with van der Waals surface area (Å²) in [5, 5.41) is 9.24. The Balaban J connectivity index is 1.42. The minimum atomic E-state index is -3.58. The molecule has 33 heavy (non-hydrogen) atoms. The number of likely N-dealkylation sites (tertiary alicyclic amines) is 3. The summed E-state index contributed by atoms with van der Waals surface area (Å²) in [5.74, 6) is -0.265. The van der Waals surface area contributed by atoms with Gasteiger partial charge in [0.2, 0.25) is 21.8 Å². The molecule has 0 radical (unpaired) electrons. The van der Waals surface area contributed by atoms with Crippen LogP contribution in [0.3, 0.4) is 0 Å². The molecule has 3 saturated heterocycles. The fraction of sp³-hybridized carbons (Fsp3) is 0.591. The first-order chi connectivity index (χ1) is 15.7. The highest BCUT2D eigenvalue weighted by atomic mass is 32.2. The topological polar surface area (TPSA) is 140 Å².